The molecule has 2 rings (SSSR count). The minimum absolute atomic E-state index is 0.597. The molecule has 0 radical (unpaired) electrons. The van der Waals surface area contributed by atoms with Crippen LogP contribution in [0.15, 0.2) is 12.2 Å². The molecule has 25 heavy (non-hydrogen) atoms. The lowest BCUT2D eigenvalue weighted by molar-refractivity contribution is -0.147. The van der Waals surface area contributed by atoms with Crippen molar-refractivity contribution in [3.05, 3.63) is 41.0 Å². The zero-order valence-corrected chi connectivity index (χ0v) is 13.4. The molecule has 1 aromatic rings. The summed E-state index contributed by atoms with van der Waals surface area (Å²) in [5.41, 5.74) is -1.96. The Hall–Kier alpha value is -2.19. The summed E-state index contributed by atoms with van der Waals surface area (Å²) in [7, 11) is 0.826. The van der Waals surface area contributed by atoms with Gasteiger partial charge in [-0.3, -0.25) is 4.79 Å². The third-order valence-electron chi connectivity index (χ3n) is 4.35. The molecule has 1 aliphatic rings. The highest BCUT2D eigenvalue weighted by atomic mass is 19.3. The number of esters is 1. The van der Waals surface area contributed by atoms with Gasteiger partial charge in [0.05, 0.1) is 18.6 Å². The Morgan fingerprint density at radius 2 is 1.60 bits per heavy atom. The maximum absolute atomic E-state index is 13.8. The van der Waals surface area contributed by atoms with Gasteiger partial charge >= 0.3 is 5.97 Å². The summed E-state index contributed by atoms with van der Waals surface area (Å²) in [6.07, 6.45) is -1.37. The van der Waals surface area contributed by atoms with E-state index >= 15 is 0 Å². The molecule has 1 fully saturated rings. The molecule has 9 heteroatoms. The molecule has 0 saturated heterocycles. The molecule has 1 aromatic carbocycles. The number of allylic oxidation sites excluding steroid dienone is 1. The van der Waals surface area contributed by atoms with Crippen LogP contribution < -0.4 is 4.74 Å². The molecular formula is C16H14F6O3. The number of rotatable bonds is 5. The second kappa shape index (κ2) is 6.61. The standard InChI is InChI=1S/C16H14F6O3/c1-16(2)7(4-8(17)18)9(16)15(23)25-5-6-10(19)12(21)14(24-3)13(22)11(6)20/h4,7,9H,5H2,1-3H3/t7-,9-/m0/s1. The third-order valence-corrected chi connectivity index (χ3v) is 4.35. The highest BCUT2D eigenvalue weighted by Gasteiger charge is 2.62. The van der Waals surface area contributed by atoms with Crippen molar-refractivity contribution < 1.29 is 40.6 Å². The minimum atomic E-state index is -1.97. The monoisotopic (exact) mass is 368 g/mol. The van der Waals surface area contributed by atoms with Crippen molar-refractivity contribution in [2.24, 2.45) is 17.3 Å². The van der Waals surface area contributed by atoms with Crippen LogP contribution in [-0.2, 0) is 16.1 Å². The average Bonchev–Trinajstić information content (AvgIpc) is 3.05. The third kappa shape index (κ3) is 3.32. The summed E-state index contributed by atoms with van der Waals surface area (Å²) in [5.74, 6) is -11.0. The van der Waals surface area contributed by atoms with Gasteiger partial charge in [-0.05, 0) is 11.5 Å². The van der Waals surface area contributed by atoms with Crippen LogP contribution in [0.2, 0.25) is 0 Å². The normalized spacial score (nSPS) is 20.8. The van der Waals surface area contributed by atoms with Gasteiger partial charge in [0.1, 0.15) is 6.61 Å². The van der Waals surface area contributed by atoms with Gasteiger partial charge in [0.2, 0.25) is 11.6 Å². The summed E-state index contributed by atoms with van der Waals surface area (Å²) < 4.78 is 88.4. The number of hydrogen-bond donors (Lipinski definition) is 0. The van der Waals surface area contributed by atoms with E-state index in [9.17, 15) is 31.1 Å². The SMILES string of the molecule is COc1c(F)c(F)c(COC(=O)[C@@H]2[C@H](C=C(F)F)C2(C)C)c(F)c1F. The topological polar surface area (TPSA) is 35.5 Å². The molecule has 0 spiro atoms. The molecule has 138 valence electrons. The van der Waals surface area contributed by atoms with Crippen LogP contribution in [0, 0.1) is 40.5 Å². The molecule has 0 unspecified atom stereocenters. The first-order valence-electron chi connectivity index (χ1n) is 7.12. The number of carbonyl (C=O) groups excluding carboxylic acids is 1. The van der Waals surface area contributed by atoms with Crippen molar-refractivity contribution in [1.82, 2.24) is 0 Å². The number of hydrogen-bond acceptors (Lipinski definition) is 3. The second-order valence-corrected chi connectivity index (χ2v) is 6.16. The molecule has 0 bridgehead atoms. The van der Waals surface area contributed by atoms with Crippen molar-refractivity contribution in [2.75, 3.05) is 7.11 Å². The lowest BCUT2D eigenvalue weighted by Crippen LogP contribution is -2.14. The number of halogens is 6. The maximum atomic E-state index is 13.8. The van der Waals surface area contributed by atoms with E-state index in [1.165, 1.54) is 13.8 Å². The Labute approximate surface area is 139 Å². The summed E-state index contributed by atoms with van der Waals surface area (Å²) in [5, 5.41) is 0. The zero-order chi connectivity index (χ0) is 19.1. The van der Waals surface area contributed by atoms with E-state index in [4.69, 9.17) is 0 Å². The fourth-order valence-electron chi connectivity index (χ4n) is 2.77. The lowest BCUT2D eigenvalue weighted by atomic mass is 10.1. The summed E-state index contributed by atoms with van der Waals surface area (Å²) in [6, 6.07) is 0. The molecule has 2 atom stereocenters. The number of benzene rings is 1. The van der Waals surface area contributed by atoms with Gasteiger partial charge in [-0.2, -0.15) is 17.6 Å². The van der Waals surface area contributed by atoms with Crippen molar-refractivity contribution >= 4 is 5.97 Å². The smallest absolute Gasteiger partial charge is 0.310 e. The van der Waals surface area contributed by atoms with Gasteiger partial charge < -0.3 is 9.47 Å². The van der Waals surface area contributed by atoms with E-state index in [1.807, 2.05) is 0 Å². The van der Waals surface area contributed by atoms with Crippen LogP contribution in [0.3, 0.4) is 0 Å². The van der Waals surface area contributed by atoms with Crippen molar-refractivity contribution in [2.45, 2.75) is 20.5 Å². The maximum Gasteiger partial charge on any atom is 0.310 e. The van der Waals surface area contributed by atoms with E-state index < -0.39 is 70.5 Å². The quantitative estimate of drug-likeness (QED) is 0.440. The molecule has 0 aliphatic heterocycles. The Morgan fingerprint density at radius 1 is 1.08 bits per heavy atom. The van der Waals surface area contributed by atoms with E-state index in [0.29, 0.717) is 6.08 Å². The Balaban J connectivity index is 2.18. The summed E-state index contributed by atoms with van der Waals surface area (Å²) in [6.45, 7) is 1.99. The van der Waals surface area contributed by atoms with Gasteiger partial charge in [-0.15, -0.1) is 0 Å². The van der Waals surface area contributed by atoms with Crippen molar-refractivity contribution in [1.29, 1.82) is 0 Å². The fourth-order valence-corrected chi connectivity index (χ4v) is 2.77. The number of ether oxygens (including phenoxy) is 2. The number of methoxy groups -OCH3 is 1. The van der Waals surface area contributed by atoms with E-state index in [2.05, 4.69) is 9.47 Å². The van der Waals surface area contributed by atoms with Gasteiger partial charge in [0.25, 0.3) is 6.08 Å². The second-order valence-electron chi connectivity index (χ2n) is 6.16. The molecule has 1 aliphatic carbocycles. The van der Waals surface area contributed by atoms with Crippen molar-refractivity contribution in [3.63, 3.8) is 0 Å². The molecule has 3 nitrogen and oxygen atoms in total. The molecule has 0 heterocycles. The average molecular weight is 368 g/mol. The fraction of sp³-hybridized carbons (Fsp3) is 0.438. The van der Waals surface area contributed by atoms with Gasteiger partial charge in [-0.25, -0.2) is 8.78 Å². The van der Waals surface area contributed by atoms with Crippen LogP contribution in [0.25, 0.3) is 0 Å². The van der Waals surface area contributed by atoms with E-state index in [0.717, 1.165) is 7.11 Å². The first kappa shape index (κ1) is 19.1. The van der Waals surface area contributed by atoms with E-state index in [-0.39, 0.29) is 0 Å². The predicted molar refractivity (Wildman–Crippen MR) is 73.7 cm³/mol. The molecular weight excluding hydrogens is 354 g/mol. The van der Waals surface area contributed by atoms with Gasteiger partial charge in [0, 0.05) is 5.92 Å². The minimum Gasteiger partial charge on any atom is -0.491 e. The van der Waals surface area contributed by atoms with Crippen molar-refractivity contribution in [3.8, 4) is 5.75 Å². The summed E-state index contributed by atoms with van der Waals surface area (Å²) in [4.78, 5) is 11.9. The molecule has 0 aromatic heterocycles. The lowest BCUT2D eigenvalue weighted by Gasteiger charge is -2.11. The highest BCUT2D eigenvalue weighted by Crippen LogP contribution is 2.60. The molecule has 0 N–H and O–H groups in total. The van der Waals surface area contributed by atoms with Crippen LogP contribution in [0.5, 0.6) is 5.75 Å². The molecule has 0 amide bonds. The first-order valence-corrected chi connectivity index (χ1v) is 7.12. The van der Waals surface area contributed by atoms with Crippen LogP contribution in [0.4, 0.5) is 26.3 Å². The number of carbonyl (C=O) groups is 1. The van der Waals surface area contributed by atoms with Crippen LogP contribution >= 0.6 is 0 Å². The van der Waals surface area contributed by atoms with Gasteiger partial charge in [-0.1, -0.05) is 13.8 Å². The van der Waals surface area contributed by atoms with Gasteiger partial charge in [0.15, 0.2) is 17.4 Å². The predicted octanol–water partition coefficient (Wildman–Crippen LogP) is 4.35. The van der Waals surface area contributed by atoms with Crippen LogP contribution in [0.1, 0.15) is 19.4 Å². The highest BCUT2D eigenvalue weighted by molar-refractivity contribution is 5.78. The first-order chi connectivity index (χ1) is 11.5. The Bertz CT molecular complexity index is 711. The zero-order valence-electron chi connectivity index (χ0n) is 13.4. The largest absolute Gasteiger partial charge is 0.491 e. The van der Waals surface area contributed by atoms with E-state index in [1.54, 1.807) is 0 Å². The van der Waals surface area contributed by atoms with Crippen LogP contribution in [-0.4, -0.2) is 13.1 Å². The Kier molecular flexibility index (Phi) is 5.06. The Morgan fingerprint density at radius 3 is 2.04 bits per heavy atom. The summed E-state index contributed by atoms with van der Waals surface area (Å²) >= 11 is 0. The molecule has 1 saturated carbocycles.